The van der Waals surface area contributed by atoms with E-state index in [1.165, 1.54) is 12.8 Å². The Labute approximate surface area is 76.5 Å². The quantitative estimate of drug-likeness (QED) is 0.572. The zero-order chi connectivity index (χ0) is 9.23. The van der Waals surface area contributed by atoms with Crippen molar-refractivity contribution >= 4 is 0 Å². The van der Waals surface area contributed by atoms with Crippen molar-refractivity contribution in [3.05, 3.63) is 0 Å². The lowest BCUT2D eigenvalue weighted by Gasteiger charge is -2.09. The molecule has 0 aliphatic carbocycles. The first-order valence-electron chi connectivity index (χ1n) is 5.14. The standard InChI is InChI=1S/C10H23NO/c1-3-7-10(11)8-5-6-9-12-4-2/h10H,3-9,11H2,1-2H3. The van der Waals surface area contributed by atoms with Crippen molar-refractivity contribution in [2.24, 2.45) is 5.73 Å². The van der Waals surface area contributed by atoms with E-state index in [1.807, 2.05) is 6.92 Å². The van der Waals surface area contributed by atoms with E-state index in [0.717, 1.165) is 32.5 Å². The summed E-state index contributed by atoms with van der Waals surface area (Å²) in [5.74, 6) is 0. The fraction of sp³-hybridized carbons (Fsp3) is 1.00. The van der Waals surface area contributed by atoms with Crippen molar-refractivity contribution in [1.82, 2.24) is 0 Å². The average Bonchev–Trinajstić information content (AvgIpc) is 2.05. The van der Waals surface area contributed by atoms with Crippen LogP contribution >= 0.6 is 0 Å². The minimum Gasteiger partial charge on any atom is -0.382 e. The number of rotatable bonds is 8. The molecular formula is C10H23NO. The van der Waals surface area contributed by atoms with Crippen LogP contribution in [0.3, 0.4) is 0 Å². The van der Waals surface area contributed by atoms with E-state index in [2.05, 4.69) is 6.92 Å². The molecule has 12 heavy (non-hydrogen) atoms. The van der Waals surface area contributed by atoms with Gasteiger partial charge in [-0.05, 0) is 32.6 Å². The maximum atomic E-state index is 5.86. The van der Waals surface area contributed by atoms with Crippen LogP contribution in [0.4, 0.5) is 0 Å². The van der Waals surface area contributed by atoms with Gasteiger partial charge in [0.05, 0.1) is 0 Å². The molecule has 0 aliphatic heterocycles. The maximum absolute atomic E-state index is 5.86. The first kappa shape index (κ1) is 11.9. The molecule has 0 aliphatic rings. The monoisotopic (exact) mass is 173 g/mol. The minimum atomic E-state index is 0.414. The number of hydrogen-bond donors (Lipinski definition) is 1. The summed E-state index contributed by atoms with van der Waals surface area (Å²) in [4.78, 5) is 0. The average molecular weight is 173 g/mol. The third kappa shape index (κ3) is 8.02. The lowest BCUT2D eigenvalue weighted by atomic mass is 10.1. The van der Waals surface area contributed by atoms with Crippen LogP contribution in [0.5, 0.6) is 0 Å². The molecule has 0 spiro atoms. The van der Waals surface area contributed by atoms with E-state index in [-0.39, 0.29) is 0 Å². The molecule has 2 nitrogen and oxygen atoms in total. The Morgan fingerprint density at radius 1 is 1.17 bits per heavy atom. The van der Waals surface area contributed by atoms with Crippen LogP contribution in [-0.4, -0.2) is 19.3 Å². The molecule has 0 rings (SSSR count). The van der Waals surface area contributed by atoms with Crippen LogP contribution in [0.15, 0.2) is 0 Å². The Kier molecular flexibility index (Phi) is 8.95. The lowest BCUT2D eigenvalue weighted by molar-refractivity contribution is 0.142. The summed E-state index contributed by atoms with van der Waals surface area (Å²) in [6, 6.07) is 0.414. The van der Waals surface area contributed by atoms with Gasteiger partial charge in [0.25, 0.3) is 0 Å². The molecule has 2 heteroatoms. The highest BCUT2D eigenvalue weighted by molar-refractivity contribution is 4.59. The first-order chi connectivity index (χ1) is 5.81. The van der Waals surface area contributed by atoms with Crippen LogP contribution in [-0.2, 0) is 4.74 Å². The van der Waals surface area contributed by atoms with Crippen LogP contribution < -0.4 is 5.73 Å². The topological polar surface area (TPSA) is 35.2 Å². The van der Waals surface area contributed by atoms with Crippen molar-refractivity contribution in [1.29, 1.82) is 0 Å². The van der Waals surface area contributed by atoms with Gasteiger partial charge >= 0.3 is 0 Å². The van der Waals surface area contributed by atoms with E-state index < -0.39 is 0 Å². The number of nitrogens with two attached hydrogens (primary N) is 1. The number of hydrogen-bond acceptors (Lipinski definition) is 2. The molecule has 1 atom stereocenters. The smallest absolute Gasteiger partial charge is 0.0465 e. The molecule has 2 N–H and O–H groups in total. The summed E-state index contributed by atoms with van der Waals surface area (Å²) in [6.45, 7) is 5.94. The van der Waals surface area contributed by atoms with Gasteiger partial charge in [0.15, 0.2) is 0 Å². The Bertz CT molecular complexity index is 85.9. The van der Waals surface area contributed by atoms with Crippen molar-refractivity contribution in [2.75, 3.05) is 13.2 Å². The predicted octanol–water partition coefficient (Wildman–Crippen LogP) is 2.32. The zero-order valence-corrected chi connectivity index (χ0v) is 8.51. The van der Waals surface area contributed by atoms with E-state index in [0.29, 0.717) is 6.04 Å². The van der Waals surface area contributed by atoms with Gasteiger partial charge in [0.2, 0.25) is 0 Å². The third-order valence-electron chi connectivity index (χ3n) is 1.98. The molecule has 0 heterocycles. The summed E-state index contributed by atoms with van der Waals surface area (Å²) in [5, 5.41) is 0. The maximum Gasteiger partial charge on any atom is 0.0465 e. The third-order valence-corrected chi connectivity index (χ3v) is 1.98. The summed E-state index contributed by atoms with van der Waals surface area (Å²) < 4.78 is 5.23. The molecule has 0 aromatic rings. The molecule has 0 amide bonds. The summed E-state index contributed by atoms with van der Waals surface area (Å²) in [6.07, 6.45) is 5.88. The van der Waals surface area contributed by atoms with Crippen molar-refractivity contribution in [2.45, 2.75) is 52.0 Å². The molecular weight excluding hydrogens is 150 g/mol. The highest BCUT2D eigenvalue weighted by Crippen LogP contribution is 2.04. The SMILES string of the molecule is CCCC(N)CCCCOCC. The van der Waals surface area contributed by atoms with Gasteiger partial charge in [-0.1, -0.05) is 13.3 Å². The molecule has 0 aromatic carbocycles. The fourth-order valence-corrected chi connectivity index (χ4v) is 1.27. The Morgan fingerprint density at radius 2 is 1.92 bits per heavy atom. The van der Waals surface area contributed by atoms with E-state index >= 15 is 0 Å². The molecule has 0 aromatic heterocycles. The van der Waals surface area contributed by atoms with E-state index in [9.17, 15) is 0 Å². The number of unbranched alkanes of at least 4 members (excludes halogenated alkanes) is 1. The highest BCUT2D eigenvalue weighted by Gasteiger charge is 1.99. The van der Waals surface area contributed by atoms with Gasteiger partial charge < -0.3 is 10.5 Å². The molecule has 0 saturated carbocycles. The van der Waals surface area contributed by atoms with Crippen molar-refractivity contribution in [3.63, 3.8) is 0 Å². The summed E-state index contributed by atoms with van der Waals surface area (Å²) >= 11 is 0. The van der Waals surface area contributed by atoms with Crippen LogP contribution in [0.25, 0.3) is 0 Å². The Morgan fingerprint density at radius 3 is 2.50 bits per heavy atom. The Balaban J connectivity index is 2.97. The fourth-order valence-electron chi connectivity index (χ4n) is 1.27. The Hall–Kier alpha value is -0.0800. The summed E-state index contributed by atoms with van der Waals surface area (Å²) in [7, 11) is 0. The van der Waals surface area contributed by atoms with E-state index in [4.69, 9.17) is 10.5 Å². The van der Waals surface area contributed by atoms with Gasteiger partial charge in [-0.25, -0.2) is 0 Å². The molecule has 0 bridgehead atoms. The predicted molar refractivity (Wildman–Crippen MR) is 53.2 cm³/mol. The highest BCUT2D eigenvalue weighted by atomic mass is 16.5. The molecule has 0 fully saturated rings. The van der Waals surface area contributed by atoms with Crippen LogP contribution in [0.1, 0.15) is 46.0 Å². The molecule has 0 radical (unpaired) electrons. The minimum absolute atomic E-state index is 0.414. The van der Waals surface area contributed by atoms with Crippen LogP contribution in [0, 0.1) is 0 Å². The summed E-state index contributed by atoms with van der Waals surface area (Å²) in [5.41, 5.74) is 5.86. The van der Waals surface area contributed by atoms with Gasteiger partial charge in [-0.2, -0.15) is 0 Å². The first-order valence-corrected chi connectivity index (χ1v) is 5.14. The van der Waals surface area contributed by atoms with Gasteiger partial charge in [0, 0.05) is 19.3 Å². The zero-order valence-electron chi connectivity index (χ0n) is 8.51. The largest absolute Gasteiger partial charge is 0.382 e. The van der Waals surface area contributed by atoms with E-state index in [1.54, 1.807) is 0 Å². The van der Waals surface area contributed by atoms with Crippen LogP contribution in [0.2, 0.25) is 0 Å². The normalized spacial score (nSPS) is 13.2. The second-order valence-electron chi connectivity index (χ2n) is 3.24. The molecule has 74 valence electrons. The number of ether oxygens (including phenoxy) is 1. The molecule has 0 saturated heterocycles. The van der Waals surface area contributed by atoms with Gasteiger partial charge in [0.1, 0.15) is 0 Å². The van der Waals surface area contributed by atoms with Crippen molar-refractivity contribution in [3.8, 4) is 0 Å². The lowest BCUT2D eigenvalue weighted by Crippen LogP contribution is -2.19. The van der Waals surface area contributed by atoms with Gasteiger partial charge in [-0.3, -0.25) is 0 Å². The van der Waals surface area contributed by atoms with Crippen molar-refractivity contribution < 1.29 is 4.74 Å². The van der Waals surface area contributed by atoms with Gasteiger partial charge in [-0.15, -0.1) is 0 Å². The second-order valence-corrected chi connectivity index (χ2v) is 3.24. The second kappa shape index (κ2) is 9.01. The molecule has 1 unspecified atom stereocenters.